The number of esters is 1. The van der Waals surface area contributed by atoms with E-state index in [9.17, 15) is 9.59 Å². The molecule has 6 nitrogen and oxygen atoms in total. The number of terminal acetylenes is 1. The number of hydrogen-bond donors (Lipinski definition) is 0. The number of thiazole rings is 1. The molecule has 0 amide bonds. The van der Waals surface area contributed by atoms with Gasteiger partial charge >= 0.3 is 5.97 Å². The number of carbonyl (C=O) groups is 1. The van der Waals surface area contributed by atoms with E-state index in [2.05, 4.69) is 5.92 Å². The summed E-state index contributed by atoms with van der Waals surface area (Å²) in [6.45, 7) is 2.07. The molecule has 0 fully saturated rings. The van der Waals surface area contributed by atoms with Gasteiger partial charge in [0.1, 0.15) is 12.4 Å². The molecule has 0 saturated heterocycles. The first kappa shape index (κ1) is 27.3. The Kier molecular flexibility index (Phi) is 8.34. The Morgan fingerprint density at radius 2 is 1.82 bits per heavy atom. The van der Waals surface area contributed by atoms with Gasteiger partial charge < -0.3 is 9.47 Å². The molecule has 4 aromatic rings. The summed E-state index contributed by atoms with van der Waals surface area (Å²) in [4.78, 5) is 34.1. The number of benzene rings is 3. The van der Waals surface area contributed by atoms with Gasteiger partial charge in [-0.05, 0) is 43.0 Å². The second-order valence-corrected chi connectivity index (χ2v) is 10.6. The molecule has 2 heterocycles. The van der Waals surface area contributed by atoms with Crippen LogP contribution in [0.1, 0.15) is 29.7 Å². The number of nitrogens with zero attached hydrogens (tertiary/aromatic N) is 2. The van der Waals surface area contributed by atoms with Crippen molar-refractivity contribution in [2.75, 3.05) is 19.5 Å². The van der Waals surface area contributed by atoms with Gasteiger partial charge in [-0.25, -0.2) is 9.79 Å². The summed E-state index contributed by atoms with van der Waals surface area (Å²) in [5.74, 6) is 2.54. The van der Waals surface area contributed by atoms with Crippen LogP contribution >= 0.6 is 23.1 Å². The maximum Gasteiger partial charge on any atom is 0.338 e. The first-order valence-corrected chi connectivity index (χ1v) is 14.7. The molecule has 1 aliphatic heterocycles. The third-order valence-corrected chi connectivity index (χ3v) is 8.05. The van der Waals surface area contributed by atoms with Crippen molar-refractivity contribution in [3.8, 4) is 18.1 Å². The fourth-order valence-electron chi connectivity index (χ4n) is 4.53. The number of ether oxygens (including phenoxy) is 2. The number of rotatable bonds is 8. The average Bonchev–Trinajstić information content (AvgIpc) is 3.30. The highest BCUT2D eigenvalue weighted by atomic mass is 32.2. The van der Waals surface area contributed by atoms with Crippen molar-refractivity contribution in [2.24, 2.45) is 4.99 Å². The summed E-state index contributed by atoms with van der Waals surface area (Å²) in [6.07, 6.45) is 9.16. The summed E-state index contributed by atoms with van der Waals surface area (Å²) in [6, 6.07) is 24.0. The SMILES string of the molecule is C#CCOc1ccccc1/C=c1\sc2n(c1=O)[C@@H](c1ccc(SC)cc1)C(C(=O)OCC)=C(c1ccccc1)N=2. The normalized spacial score (nSPS) is 14.7. The predicted molar refractivity (Wildman–Crippen MR) is 160 cm³/mol. The number of thioether (sulfide) groups is 1. The van der Waals surface area contributed by atoms with Crippen LogP contribution in [0.5, 0.6) is 5.75 Å². The van der Waals surface area contributed by atoms with Gasteiger partial charge in [0.25, 0.3) is 5.56 Å². The van der Waals surface area contributed by atoms with Crippen molar-refractivity contribution in [1.29, 1.82) is 0 Å². The number of fused-ring (bicyclic) bond motifs is 1. The molecule has 0 saturated carbocycles. The quantitative estimate of drug-likeness (QED) is 0.176. The number of para-hydroxylation sites is 1. The van der Waals surface area contributed by atoms with E-state index >= 15 is 0 Å². The van der Waals surface area contributed by atoms with E-state index in [4.69, 9.17) is 20.9 Å². The molecule has 1 aliphatic rings. The van der Waals surface area contributed by atoms with Gasteiger partial charge in [-0.3, -0.25) is 9.36 Å². The van der Waals surface area contributed by atoms with E-state index in [-0.39, 0.29) is 18.8 Å². The lowest BCUT2D eigenvalue weighted by molar-refractivity contribution is -0.138. The monoisotopic (exact) mass is 566 g/mol. The lowest BCUT2D eigenvalue weighted by Gasteiger charge is -2.26. The molecule has 0 bridgehead atoms. The molecule has 200 valence electrons. The van der Waals surface area contributed by atoms with Crippen LogP contribution in [0.3, 0.4) is 0 Å². The first-order valence-electron chi connectivity index (χ1n) is 12.6. The number of hydrogen-bond acceptors (Lipinski definition) is 7. The highest BCUT2D eigenvalue weighted by Gasteiger charge is 2.35. The van der Waals surface area contributed by atoms with Crippen LogP contribution in [-0.2, 0) is 9.53 Å². The molecule has 0 N–H and O–H groups in total. The minimum atomic E-state index is -0.725. The fourth-order valence-corrected chi connectivity index (χ4v) is 5.93. The van der Waals surface area contributed by atoms with Crippen molar-refractivity contribution < 1.29 is 14.3 Å². The molecule has 0 aliphatic carbocycles. The first-order chi connectivity index (χ1) is 19.5. The Morgan fingerprint density at radius 1 is 1.10 bits per heavy atom. The van der Waals surface area contributed by atoms with Crippen molar-refractivity contribution in [2.45, 2.75) is 17.9 Å². The topological polar surface area (TPSA) is 69.9 Å². The molecule has 0 unspecified atom stereocenters. The zero-order chi connectivity index (χ0) is 28.1. The molecule has 40 heavy (non-hydrogen) atoms. The van der Waals surface area contributed by atoms with Gasteiger partial charge in [0, 0.05) is 16.0 Å². The van der Waals surface area contributed by atoms with Crippen molar-refractivity contribution >= 4 is 40.8 Å². The van der Waals surface area contributed by atoms with Crippen LogP contribution in [0.15, 0.2) is 99.1 Å². The zero-order valence-electron chi connectivity index (χ0n) is 22.0. The standard InChI is InChI=1S/C32H26N2O4S2/c1-4-19-38-25-14-10-9-13-23(25)20-26-30(35)34-29(22-15-17-24(39-3)18-16-22)27(31(36)37-5-2)28(33-32(34)40-26)21-11-7-6-8-12-21/h1,6-18,20,29H,5,19H2,2-3H3/b26-20-/t29-/m0/s1. The number of aromatic nitrogens is 1. The van der Waals surface area contributed by atoms with Gasteiger partial charge in [-0.1, -0.05) is 77.9 Å². The summed E-state index contributed by atoms with van der Waals surface area (Å²) < 4.78 is 13.3. The summed E-state index contributed by atoms with van der Waals surface area (Å²) in [7, 11) is 0. The second kappa shape index (κ2) is 12.2. The Morgan fingerprint density at radius 3 is 2.52 bits per heavy atom. The minimum absolute atomic E-state index is 0.113. The van der Waals surface area contributed by atoms with Crippen molar-refractivity contribution in [1.82, 2.24) is 4.57 Å². The summed E-state index contributed by atoms with van der Waals surface area (Å²) in [5, 5.41) is 0. The van der Waals surface area contributed by atoms with Gasteiger partial charge in [0.2, 0.25) is 0 Å². The fraction of sp³-hybridized carbons (Fsp3) is 0.156. The molecule has 1 aromatic heterocycles. The van der Waals surface area contributed by atoms with Crippen LogP contribution in [-0.4, -0.2) is 30.0 Å². The molecule has 5 rings (SSSR count). The molecule has 1 atom stereocenters. The van der Waals surface area contributed by atoms with E-state index in [1.54, 1.807) is 29.3 Å². The summed E-state index contributed by atoms with van der Waals surface area (Å²) in [5.41, 5.74) is 2.82. The van der Waals surface area contributed by atoms with Crippen LogP contribution in [0.25, 0.3) is 11.8 Å². The molecular weight excluding hydrogens is 540 g/mol. The summed E-state index contributed by atoms with van der Waals surface area (Å²) >= 11 is 2.88. The highest BCUT2D eigenvalue weighted by molar-refractivity contribution is 7.98. The Labute approximate surface area is 240 Å². The van der Waals surface area contributed by atoms with Crippen LogP contribution in [0.2, 0.25) is 0 Å². The van der Waals surface area contributed by atoms with Crippen LogP contribution in [0, 0.1) is 12.3 Å². The third kappa shape index (κ3) is 5.39. The molecule has 0 spiro atoms. The highest BCUT2D eigenvalue weighted by Crippen LogP contribution is 2.35. The zero-order valence-corrected chi connectivity index (χ0v) is 23.6. The lowest BCUT2D eigenvalue weighted by atomic mass is 9.93. The largest absolute Gasteiger partial charge is 0.480 e. The molecule has 8 heteroatoms. The lowest BCUT2D eigenvalue weighted by Crippen LogP contribution is -2.40. The van der Waals surface area contributed by atoms with Gasteiger partial charge in [0.05, 0.1) is 28.5 Å². The van der Waals surface area contributed by atoms with Crippen molar-refractivity contribution in [3.63, 3.8) is 0 Å². The Bertz CT molecular complexity index is 1800. The minimum Gasteiger partial charge on any atom is -0.480 e. The predicted octanol–water partition coefficient (Wildman–Crippen LogP) is 4.67. The van der Waals surface area contributed by atoms with E-state index in [1.807, 2.05) is 85.1 Å². The Hall–Kier alpha value is -4.32. The smallest absolute Gasteiger partial charge is 0.338 e. The second-order valence-electron chi connectivity index (χ2n) is 8.74. The van der Waals surface area contributed by atoms with E-state index in [0.717, 1.165) is 21.6 Å². The maximum atomic E-state index is 14.0. The molecule has 0 radical (unpaired) electrons. The molecule has 3 aromatic carbocycles. The van der Waals surface area contributed by atoms with E-state index in [1.165, 1.54) is 11.3 Å². The maximum absolute atomic E-state index is 14.0. The number of carbonyl (C=O) groups excluding carboxylic acids is 1. The van der Waals surface area contributed by atoms with Crippen molar-refractivity contribution in [3.05, 3.63) is 121 Å². The average molecular weight is 567 g/mol. The van der Waals surface area contributed by atoms with Crippen LogP contribution < -0.4 is 19.6 Å². The Balaban J connectivity index is 1.79. The van der Waals surface area contributed by atoms with Gasteiger partial charge in [-0.15, -0.1) is 18.2 Å². The van der Waals surface area contributed by atoms with Gasteiger partial charge in [-0.2, -0.15) is 0 Å². The third-order valence-electron chi connectivity index (χ3n) is 6.32. The van der Waals surface area contributed by atoms with Gasteiger partial charge in [0.15, 0.2) is 4.80 Å². The molecular formula is C32H26N2O4S2. The van der Waals surface area contributed by atoms with E-state index < -0.39 is 12.0 Å². The van der Waals surface area contributed by atoms with E-state index in [0.29, 0.717) is 26.4 Å². The van der Waals surface area contributed by atoms with Crippen LogP contribution in [0.4, 0.5) is 0 Å².